The lowest BCUT2D eigenvalue weighted by atomic mass is 10.1. The van der Waals surface area contributed by atoms with E-state index in [2.05, 4.69) is 11.8 Å². The van der Waals surface area contributed by atoms with Gasteiger partial charge in [0, 0.05) is 62.8 Å². The zero-order valence-corrected chi connectivity index (χ0v) is 19.4. The predicted molar refractivity (Wildman–Crippen MR) is 125 cm³/mol. The normalized spacial score (nSPS) is 14.4. The Morgan fingerprint density at radius 2 is 1.66 bits per heavy atom. The Morgan fingerprint density at radius 1 is 1.00 bits per heavy atom. The van der Waals surface area contributed by atoms with E-state index in [9.17, 15) is 14.0 Å². The zero-order valence-electron chi connectivity index (χ0n) is 18.6. The van der Waals surface area contributed by atoms with Gasteiger partial charge in [-0.15, -0.1) is 0 Å². The summed E-state index contributed by atoms with van der Waals surface area (Å²) in [6, 6.07) is 13.3. The van der Waals surface area contributed by atoms with Gasteiger partial charge in [-0.1, -0.05) is 37.1 Å². The molecule has 0 radical (unpaired) electrons. The number of amides is 2. The molecule has 2 amide bonds. The van der Waals surface area contributed by atoms with Crippen molar-refractivity contribution in [3.05, 3.63) is 70.5 Å². The summed E-state index contributed by atoms with van der Waals surface area (Å²) < 4.78 is 13.2. The molecule has 2 aromatic rings. The minimum Gasteiger partial charge on any atom is -0.337 e. The lowest BCUT2D eigenvalue weighted by molar-refractivity contribution is -0.132. The summed E-state index contributed by atoms with van der Waals surface area (Å²) in [6.07, 6.45) is 2.37. The second-order valence-electron chi connectivity index (χ2n) is 8.19. The number of unbranched alkanes of at least 4 members (excludes halogenated alkanes) is 1. The number of piperazine rings is 1. The number of carbonyl (C=O) groups is 2. The maximum Gasteiger partial charge on any atom is 0.253 e. The van der Waals surface area contributed by atoms with Gasteiger partial charge in [0.15, 0.2) is 0 Å². The first-order valence-electron chi connectivity index (χ1n) is 11.3. The number of nitrogens with zero attached hydrogens (tertiary/aromatic N) is 3. The van der Waals surface area contributed by atoms with E-state index in [1.807, 2.05) is 9.80 Å². The zero-order chi connectivity index (χ0) is 22.9. The van der Waals surface area contributed by atoms with Crippen molar-refractivity contribution in [3.63, 3.8) is 0 Å². The van der Waals surface area contributed by atoms with Crippen LogP contribution < -0.4 is 0 Å². The van der Waals surface area contributed by atoms with E-state index in [1.54, 1.807) is 36.4 Å². The van der Waals surface area contributed by atoms with Crippen LogP contribution in [-0.2, 0) is 11.3 Å². The van der Waals surface area contributed by atoms with Crippen LogP contribution in [0, 0.1) is 5.82 Å². The molecule has 1 heterocycles. The molecular weight excluding hydrogens is 429 g/mol. The topological polar surface area (TPSA) is 43.9 Å². The van der Waals surface area contributed by atoms with Crippen LogP contribution in [0.25, 0.3) is 0 Å². The van der Waals surface area contributed by atoms with Crippen molar-refractivity contribution in [2.45, 2.75) is 32.7 Å². The van der Waals surface area contributed by atoms with Crippen LogP contribution >= 0.6 is 11.6 Å². The molecule has 3 rings (SSSR count). The van der Waals surface area contributed by atoms with E-state index in [0.717, 1.165) is 38.0 Å². The highest BCUT2D eigenvalue weighted by Crippen LogP contribution is 2.14. The smallest absolute Gasteiger partial charge is 0.253 e. The molecule has 1 aliphatic rings. The van der Waals surface area contributed by atoms with Crippen molar-refractivity contribution < 1.29 is 14.0 Å². The molecule has 0 saturated carbocycles. The van der Waals surface area contributed by atoms with Crippen molar-refractivity contribution in [1.82, 2.24) is 14.7 Å². The van der Waals surface area contributed by atoms with E-state index < -0.39 is 0 Å². The number of hydrogen-bond donors (Lipinski definition) is 0. The van der Waals surface area contributed by atoms with Gasteiger partial charge in [0.05, 0.1) is 0 Å². The molecule has 172 valence electrons. The molecular formula is C25H31ClFN3O2. The second-order valence-corrected chi connectivity index (χ2v) is 8.62. The summed E-state index contributed by atoms with van der Waals surface area (Å²) in [5, 5.41) is 0.616. The monoisotopic (exact) mass is 459 g/mol. The lowest BCUT2D eigenvalue weighted by Gasteiger charge is -2.36. The molecule has 0 spiro atoms. The summed E-state index contributed by atoms with van der Waals surface area (Å²) in [7, 11) is 0. The summed E-state index contributed by atoms with van der Waals surface area (Å²) in [6.45, 7) is 6.78. The highest BCUT2D eigenvalue weighted by Gasteiger charge is 2.23. The van der Waals surface area contributed by atoms with Crippen LogP contribution in [0.15, 0.2) is 48.5 Å². The fourth-order valence-electron chi connectivity index (χ4n) is 3.80. The fraction of sp³-hybridized carbons (Fsp3) is 0.440. The average molecular weight is 460 g/mol. The molecule has 5 nitrogen and oxygen atoms in total. The summed E-state index contributed by atoms with van der Waals surface area (Å²) >= 11 is 5.91. The summed E-state index contributed by atoms with van der Waals surface area (Å²) in [4.78, 5) is 31.4. The van der Waals surface area contributed by atoms with Gasteiger partial charge < -0.3 is 9.80 Å². The van der Waals surface area contributed by atoms with Crippen molar-refractivity contribution in [2.75, 3.05) is 39.3 Å². The van der Waals surface area contributed by atoms with E-state index >= 15 is 0 Å². The summed E-state index contributed by atoms with van der Waals surface area (Å²) in [5.41, 5.74) is 1.57. The Balaban J connectivity index is 1.52. The number of hydrogen-bond acceptors (Lipinski definition) is 3. The number of carbonyl (C=O) groups excluding carboxylic acids is 2. The highest BCUT2D eigenvalue weighted by molar-refractivity contribution is 6.30. The first kappa shape index (κ1) is 24.2. The van der Waals surface area contributed by atoms with Gasteiger partial charge in [-0.2, -0.15) is 0 Å². The molecule has 32 heavy (non-hydrogen) atoms. The standard InChI is InChI=1S/C25H31ClFN3O2/c1-2-3-4-24(31)30(19-20-5-11-23(27)12-6-20)18-15-28-13-16-29(17-14-28)25(32)21-7-9-22(26)10-8-21/h5-12H,2-4,13-19H2,1H3. The molecule has 2 aromatic carbocycles. The molecule has 0 aliphatic carbocycles. The Kier molecular flexibility index (Phi) is 9.06. The number of halogens is 2. The SMILES string of the molecule is CCCCC(=O)N(CCN1CCN(C(=O)c2ccc(Cl)cc2)CC1)Cc1ccc(F)cc1. The van der Waals surface area contributed by atoms with Gasteiger partial charge in [-0.05, 0) is 48.4 Å². The molecule has 1 saturated heterocycles. The maximum absolute atomic E-state index is 13.2. The Labute approximate surface area is 194 Å². The van der Waals surface area contributed by atoms with E-state index in [0.29, 0.717) is 43.2 Å². The van der Waals surface area contributed by atoms with Gasteiger partial charge in [0.25, 0.3) is 5.91 Å². The molecule has 0 bridgehead atoms. The van der Waals surface area contributed by atoms with Crippen LogP contribution in [0.5, 0.6) is 0 Å². The van der Waals surface area contributed by atoms with Gasteiger partial charge in [0.2, 0.25) is 5.91 Å². The molecule has 0 atom stereocenters. The van der Waals surface area contributed by atoms with E-state index in [1.165, 1.54) is 12.1 Å². The van der Waals surface area contributed by atoms with Crippen molar-refractivity contribution in [2.24, 2.45) is 0 Å². The minimum atomic E-state index is -0.274. The minimum absolute atomic E-state index is 0.0222. The molecule has 0 aromatic heterocycles. The maximum atomic E-state index is 13.2. The Bertz CT molecular complexity index is 881. The van der Waals surface area contributed by atoms with Crippen LogP contribution in [0.3, 0.4) is 0 Å². The fourth-order valence-corrected chi connectivity index (χ4v) is 3.93. The third-order valence-corrected chi connectivity index (χ3v) is 6.07. The predicted octanol–water partition coefficient (Wildman–Crippen LogP) is 4.46. The van der Waals surface area contributed by atoms with Crippen LogP contribution in [-0.4, -0.2) is 65.8 Å². The van der Waals surface area contributed by atoms with Gasteiger partial charge in [0.1, 0.15) is 5.82 Å². The molecule has 0 unspecified atom stereocenters. The molecule has 0 N–H and O–H groups in total. The lowest BCUT2D eigenvalue weighted by Crippen LogP contribution is -2.50. The summed E-state index contributed by atoms with van der Waals surface area (Å²) in [5.74, 6) is -0.120. The molecule has 1 aliphatic heterocycles. The molecule has 1 fully saturated rings. The van der Waals surface area contributed by atoms with Crippen LogP contribution in [0.2, 0.25) is 5.02 Å². The molecule has 7 heteroatoms. The first-order chi connectivity index (χ1) is 15.5. The highest BCUT2D eigenvalue weighted by atomic mass is 35.5. The van der Waals surface area contributed by atoms with Gasteiger partial charge >= 0.3 is 0 Å². The number of rotatable bonds is 9. The van der Waals surface area contributed by atoms with Crippen LogP contribution in [0.1, 0.15) is 42.1 Å². The second kappa shape index (κ2) is 12.0. The Morgan fingerprint density at radius 3 is 2.28 bits per heavy atom. The van der Waals surface area contributed by atoms with Crippen molar-refractivity contribution in [1.29, 1.82) is 0 Å². The quantitative estimate of drug-likeness (QED) is 0.556. The Hall–Kier alpha value is -2.44. The third-order valence-electron chi connectivity index (χ3n) is 5.82. The number of benzene rings is 2. The third kappa shape index (κ3) is 7.04. The average Bonchev–Trinajstić information content (AvgIpc) is 2.81. The van der Waals surface area contributed by atoms with Gasteiger partial charge in [-0.25, -0.2) is 4.39 Å². The largest absolute Gasteiger partial charge is 0.337 e. The van der Waals surface area contributed by atoms with E-state index in [-0.39, 0.29) is 17.6 Å². The van der Waals surface area contributed by atoms with Crippen LogP contribution in [0.4, 0.5) is 4.39 Å². The van der Waals surface area contributed by atoms with Crippen molar-refractivity contribution in [3.8, 4) is 0 Å². The first-order valence-corrected chi connectivity index (χ1v) is 11.6. The van der Waals surface area contributed by atoms with Gasteiger partial charge in [-0.3, -0.25) is 14.5 Å². The van der Waals surface area contributed by atoms with E-state index in [4.69, 9.17) is 11.6 Å². The van der Waals surface area contributed by atoms with Crippen molar-refractivity contribution >= 4 is 23.4 Å².